The van der Waals surface area contributed by atoms with Crippen LogP contribution in [0.3, 0.4) is 0 Å². The fraction of sp³-hybridized carbons (Fsp3) is 0.250. The number of imidazole rings is 1. The zero-order valence-electron chi connectivity index (χ0n) is 19.7. The smallest absolute Gasteiger partial charge is 0.437 e. The van der Waals surface area contributed by atoms with Gasteiger partial charge in [0.2, 0.25) is 11.8 Å². The first-order valence-electron chi connectivity index (χ1n) is 10.8. The number of halogens is 1. The molecule has 2 aromatic heterocycles. The number of nitrogens with one attached hydrogen (secondary N) is 1. The molecular formula is C24H24ClN5O5. The van der Waals surface area contributed by atoms with E-state index in [-0.39, 0.29) is 12.4 Å². The number of methoxy groups -OCH3 is 2. The first-order valence-corrected chi connectivity index (χ1v) is 11.2. The number of aromatic nitrogens is 4. The predicted octanol–water partition coefficient (Wildman–Crippen LogP) is 3.99. The molecule has 2 heterocycles. The van der Waals surface area contributed by atoms with Crippen molar-refractivity contribution in [1.82, 2.24) is 19.3 Å². The summed E-state index contributed by atoms with van der Waals surface area (Å²) in [5.74, 6) is 0.612. The highest BCUT2D eigenvalue weighted by Crippen LogP contribution is 2.37. The van der Waals surface area contributed by atoms with Crippen LogP contribution in [0.5, 0.6) is 11.5 Å². The molecule has 0 atom stereocenters. The second kappa shape index (κ2) is 10.1. The minimum Gasteiger partial charge on any atom is -0.493 e. The number of anilines is 1. The van der Waals surface area contributed by atoms with Crippen molar-refractivity contribution in [2.24, 2.45) is 0 Å². The van der Waals surface area contributed by atoms with E-state index in [1.165, 1.54) is 20.3 Å². The minimum absolute atomic E-state index is 0.0238. The number of ether oxygens (including phenoxy) is 2. The number of amides is 1. The third-order valence-electron chi connectivity index (χ3n) is 5.37. The fourth-order valence-electron chi connectivity index (χ4n) is 3.75. The Bertz CT molecular complexity index is 1480. The van der Waals surface area contributed by atoms with Crippen LogP contribution in [0.1, 0.15) is 24.2 Å². The normalized spacial score (nSPS) is 11.3. The number of nitrogens with zero attached hydrogens (tertiary/aromatic N) is 4. The fourth-order valence-corrected chi connectivity index (χ4v) is 4.04. The Hall–Kier alpha value is -4.05. The van der Waals surface area contributed by atoms with Crippen LogP contribution >= 0.6 is 11.6 Å². The van der Waals surface area contributed by atoms with Gasteiger partial charge in [-0.3, -0.25) is 4.79 Å². The molecule has 10 nitrogen and oxygen atoms in total. The van der Waals surface area contributed by atoms with Crippen LogP contribution in [-0.4, -0.2) is 39.5 Å². The van der Waals surface area contributed by atoms with Crippen molar-refractivity contribution >= 4 is 46.4 Å². The molecule has 0 aliphatic heterocycles. The number of fused-ring (bicyclic) bond motifs is 1. The van der Waals surface area contributed by atoms with E-state index in [0.717, 1.165) is 28.1 Å². The molecule has 0 aliphatic rings. The van der Waals surface area contributed by atoms with Crippen molar-refractivity contribution in [3.05, 3.63) is 63.2 Å². The number of carbonyl (C=O) groups excluding carboxylic acids is 1. The summed E-state index contributed by atoms with van der Waals surface area (Å²) in [4.78, 5) is 29.2. The highest BCUT2D eigenvalue weighted by molar-refractivity contribution is 6.34. The first kappa shape index (κ1) is 24.1. The van der Waals surface area contributed by atoms with Gasteiger partial charge >= 0.3 is 5.76 Å². The molecule has 0 spiro atoms. The summed E-state index contributed by atoms with van der Waals surface area (Å²) in [5.41, 5.74) is 2.95. The van der Waals surface area contributed by atoms with Gasteiger partial charge in [0, 0.05) is 18.3 Å². The van der Waals surface area contributed by atoms with E-state index in [0.29, 0.717) is 27.8 Å². The molecule has 0 aliphatic carbocycles. The zero-order valence-corrected chi connectivity index (χ0v) is 20.4. The lowest BCUT2D eigenvalue weighted by Crippen LogP contribution is -2.25. The molecule has 4 rings (SSSR count). The van der Waals surface area contributed by atoms with Crippen molar-refractivity contribution < 1.29 is 18.7 Å². The Morgan fingerprint density at radius 3 is 2.71 bits per heavy atom. The number of carbonyl (C=O) groups is 1. The minimum atomic E-state index is -0.758. The standard InChI is InChI=1S/C24H24ClN5O5/c1-5-29-14(2)26-17-12-16(8-9-18(17)29)27-20(31)13-30-24(32)35-21(28-30)11-7-15-6-10-19(33-3)23(34-4)22(15)25/h6-12H,5,13H2,1-4H3,(H,27,31). The average molecular weight is 498 g/mol. The maximum Gasteiger partial charge on any atom is 0.437 e. The molecule has 0 radical (unpaired) electrons. The SMILES string of the molecule is CCn1c(C)nc2cc(NC(=O)Cn3nc(C=Cc4ccc(OC)c(OC)c4Cl)oc3=O)ccc21. The topological polar surface area (TPSA) is 113 Å². The van der Waals surface area contributed by atoms with E-state index in [1.807, 2.05) is 19.9 Å². The van der Waals surface area contributed by atoms with E-state index in [2.05, 4.69) is 20.0 Å². The van der Waals surface area contributed by atoms with Gasteiger partial charge in [-0.2, -0.15) is 4.68 Å². The maximum atomic E-state index is 12.5. The molecule has 1 amide bonds. The number of hydrogen-bond donors (Lipinski definition) is 1. The molecular weight excluding hydrogens is 474 g/mol. The molecule has 1 N–H and O–H groups in total. The summed E-state index contributed by atoms with van der Waals surface area (Å²) < 4.78 is 18.7. The van der Waals surface area contributed by atoms with Gasteiger partial charge in [0.25, 0.3) is 0 Å². The highest BCUT2D eigenvalue weighted by atomic mass is 35.5. The maximum absolute atomic E-state index is 12.5. The van der Waals surface area contributed by atoms with Gasteiger partial charge in [-0.1, -0.05) is 11.6 Å². The number of benzene rings is 2. The van der Waals surface area contributed by atoms with Crippen LogP contribution in [0.15, 0.2) is 39.5 Å². The Kier molecular flexibility index (Phi) is 6.92. The second-order valence-corrected chi connectivity index (χ2v) is 7.93. The van der Waals surface area contributed by atoms with E-state index in [9.17, 15) is 9.59 Å². The highest BCUT2D eigenvalue weighted by Gasteiger charge is 2.14. The van der Waals surface area contributed by atoms with Gasteiger partial charge in [0.05, 0.1) is 30.3 Å². The molecule has 11 heteroatoms. The van der Waals surface area contributed by atoms with Gasteiger partial charge in [-0.05, 0) is 55.8 Å². The third-order valence-corrected chi connectivity index (χ3v) is 5.76. The van der Waals surface area contributed by atoms with Crippen molar-refractivity contribution in [1.29, 1.82) is 0 Å². The number of hydrogen-bond acceptors (Lipinski definition) is 7. The van der Waals surface area contributed by atoms with Gasteiger partial charge in [-0.15, -0.1) is 5.10 Å². The second-order valence-electron chi connectivity index (χ2n) is 7.56. The van der Waals surface area contributed by atoms with Gasteiger partial charge in [0.1, 0.15) is 12.4 Å². The van der Waals surface area contributed by atoms with E-state index in [4.69, 9.17) is 25.5 Å². The molecule has 4 aromatic rings. The number of rotatable bonds is 8. The van der Waals surface area contributed by atoms with Crippen LogP contribution in [0, 0.1) is 6.92 Å². The van der Waals surface area contributed by atoms with Crippen LogP contribution in [0.4, 0.5) is 5.69 Å². The summed E-state index contributed by atoms with van der Waals surface area (Å²) in [7, 11) is 3.00. The van der Waals surface area contributed by atoms with E-state index in [1.54, 1.807) is 30.3 Å². The van der Waals surface area contributed by atoms with Crippen LogP contribution in [0.2, 0.25) is 5.02 Å². The van der Waals surface area contributed by atoms with Crippen molar-refractivity contribution in [2.45, 2.75) is 26.9 Å². The largest absolute Gasteiger partial charge is 0.493 e. The number of aryl methyl sites for hydroxylation is 2. The molecule has 0 saturated carbocycles. The van der Waals surface area contributed by atoms with Crippen molar-refractivity contribution in [2.75, 3.05) is 19.5 Å². The molecule has 182 valence electrons. The Balaban J connectivity index is 1.47. The quantitative estimate of drug-likeness (QED) is 0.391. The molecule has 2 aromatic carbocycles. The lowest BCUT2D eigenvalue weighted by molar-refractivity contribution is -0.117. The van der Waals surface area contributed by atoms with Crippen molar-refractivity contribution in [3.63, 3.8) is 0 Å². The molecule has 0 fully saturated rings. The summed E-state index contributed by atoms with van der Waals surface area (Å²) in [6.45, 7) is 4.47. The third kappa shape index (κ3) is 4.92. The zero-order chi connectivity index (χ0) is 25.1. The summed E-state index contributed by atoms with van der Waals surface area (Å²) in [6.07, 6.45) is 3.09. The molecule has 0 unspecified atom stereocenters. The van der Waals surface area contributed by atoms with Crippen LogP contribution in [-0.2, 0) is 17.9 Å². The summed E-state index contributed by atoms with van der Waals surface area (Å²) in [5, 5.41) is 7.16. The molecule has 35 heavy (non-hydrogen) atoms. The van der Waals surface area contributed by atoms with Crippen LogP contribution < -0.4 is 20.5 Å². The molecule has 0 saturated heterocycles. The Morgan fingerprint density at radius 1 is 1.20 bits per heavy atom. The lowest BCUT2D eigenvalue weighted by atomic mass is 10.2. The summed E-state index contributed by atoms with van der Waals surface area (Å²) >= 11 is 6.36. The first-order chi connectivity index (χ1) is 16.8. The Morgan fingerprint density at radius 2 is 2.00 bits per heavy atom. The van der Waals surface area contributed by atoms with Gasteiger partial charge in [0.15, 0.2) is 11.5 Å². The summed E-state index contributed by atoms with van der Waals surface area (Å²) in [6, 6.07) is 8.91. The van der Waals surface area contributed by atoms with E-state index < -0.39 is 11.7 Å². The Labute approximate surface area is 205 Å². The predicted molar refractivity (Wildman–Crippen MR) is 133 cm³/mol. The molecule has 0 bridgehead atoms. The monoisotopic (exact) mass is 497 g/mol. The van der Waals surface area contributed by atoms with E-state index >= 15 is 0 Å². The van der Waals surface area contributed by atoms with Crippen molar-refractivity contribution in [3.8, 4) is 11.5 Å². The van der Waals surface area contributed by atoms with Gasteiger partial charge < -0.3 is 23.8 Å². The van der Waals surface area contributed by atoms with Crippen LogP contribution in [0.25, 0.3) is 23.2 Å². The van der Waals surface area contributed by atoms with Gasteiger partial charge in [-0.25, -0.2) is 9.78 Å². The lowest BCUT2D eigenvalue weighted by Gasteiger charge is -2.10. The average Bonchev–Trinajstić information content (AvgIpc) is 3.34.